The Morgan fingerprint density at radius 2 is 1.95 bits per heavy atom. The molecule has 5 rings (SSSR count). The summed E-state index contributed by atoms with van der Waals surface area (Å²) in [6.07, 6.45) is 7.34. The number of hydrogen-bond donors (Lipinski definition) is 0. The summed E-state index contributed by atoms with van der Waals surface area (Å²) in [5.74, 6) is 1.04. The van der Waals surface area contributed by atoms with Gasteiger partial charge in [-0.3, -0.25) is 4.98 Å². The molecular weight excluding hydrogens is 329 g/mol. The average Bonchev–Trinajstić information content (AvgIpc) is 2.48. The van der Waals surface area contributed by atoms with Gasteiger partial charge in [-0.2, -0.15) is 0 Å². The van der Waals surface area contributed by atoms with E-state index in [1.54, 1.807) is 12.1 Å². The first kappa shape index (κ1) is 13.2. The summed E-state index contributed by atoms with van der Waals surface area (Å²) in [7, 11) is 0. The predicted octanol–water partition coefficient (Wildman–Crippen LogP) is 5.30. The maximum atomic E-state index is 13.2. The number of fused-ring (bicyclic) bond motifs is 1. The molecule has 0 spiro atoms. The predicted molar refractivity (Wildman–Crippen MR) is 84.9 cm³/mol. The molecule has 0 saturated carbocycles. The Bertz CT molecular complexity index is 735. The van der Waals surface area contributed by atoms with Gasteiger partial charge in [0, 0.05) is 28.7 Å². The molecule has 1 aromatic heterocycles. The van der Waals surface area contributed by atoms with Crippen molar-refractivity contribution in [1.82, 2.24) is 4.98 Å². The maximum Gasteiger partial charge on any atom is 0.123 e. The Hall–Kier alpha value is -1.48. The van der Waals surface area contributed by atoms with Gasteiger partial charge >= 0.3 is 0 Å². The maximum absolute atomic E-state index is 13.2. The fraction of sp³-hybridized carbons (Fsp3) is 0.278. The van der Waals surface area contributed by atoms with E-state index in [-0.39, 0.29) is 5.82 Å². The highest BCUT2D eigenvalue weighted by Gasteiger charge is 2.41. The number of benzene rings is 1. The van der Waals surface area contributed by atoms with Crippen molar-refractivity contribution in [3.8, 4) is 0 Å². The molecule has 0 radical (unpaired) electrons. The molecular formula is C18H15BrFN. The van der Waals surface area contributed by atoms with E-state index in [0.717, 1.165) is 10.9 Å². The van der Waals surface area contributed by atoms with Crippen LogP contribution in [0.4, 0.5) is 4.39 Å². The largest absolute Gasteiger partial charge is 0.263 e. The summed E-state index contributed by atoms with van der Waals surface area (Å²) < 4.78 is 14.3. The third-order valence-corrected chi connectivity index (χ3v) is 5.48. The molecule has 2 aromatic rings. The zero-order valence-electron chi connectivity index (χ0n) is 11.7. The Morgan fingerprint density at radius 1 is 1.19 bits per heavy atom. The van der Waals surface area contributed by atoms with Crippen molar-refractivity contribution < 1.29 is 4.39 Å². The minimum absolute atomic E-state index is 0.169. The van der Waals surface area contributed by atoms with Crippen LogP contribution in [0.3, 0.4) is 0 Å². The lowest BCUT2D eigenvalue weighted by Crippen LogP contribution is -2.28. The summed E-state index contributed by atoms with van der Waals surface area (Å²) in [5, 5.41) is 0. The van der Waals surface area contributed by atoms with Crippen LogP contribution in [-0.2, 0) is 0 Å². The number of halogens is 2. The highest BCUT2D eigenvalue weighted by Crippen LogP contribution is 2.56. The molecule has 21 heavy (non-hydrogen) atoms. The summed E-state index contributed by atoms with van der Waals surface area (Å²) in [6, 6.07) is 7.00. The number of rotatable bonds is 1. The van der Waals surface area contributed by atoms with E-state index < -0.39 is 0 Å². The van der Waals surface area contributed by atoms with Gasteiger partial charge in [-0.25, -0.2) is 4.39 Å². The van der Waals surface area contributed by atoms with Crippen molar-refractivity contribution in [2.45, 2.75) is 31.1 Å². The molecule has 1 nitrogen and oxygen atoms in total. The topological polar surface area (TPSA) is 12.9 Å². The van der Waals surface area contributed by atoms with Gasteiger partial charge in [-0.05, 0) is 64.0 Å². The van der Waals surface area contributed by atoms with Gasteiger partial charge in [0.15, 0.2) is 0 Å². The number of pyridine rings is 1. The third kappa shape index (κ3) is 1.98. The first-order valence-corrected chi connectivity index (χ1v) is 8.01. The molecule has 3 atom stereocenters. The van der Waals surface area contributed by atoms with Crippen LogP contribution in [0.25, 0.3) is 0 Å². The van der Waals surface area contributed by atoms with Crippen LogP contribution >= 0.6 is 15.9 Å². The van der Waals surface area contributed by atoms with E-state index in [0.29, 0.717) is 17.8 Å². The number of aromatic nitrogens is 1. The minimum atomic E-state index is -0.169. The van der Waals surface area contributed by atoms with Gasteiger partial charge in [-0.1, -0.05) is 23.8 Å². The number of allylic oxidation sites excluding steroid dienone is 2. The van der Waals surface area contributed by atoms with E-state index in [2.05, 4.69) is 33.9 Å². The summed E-state index contributed by atoms with van der Waals surface area (Å²) in [6.45, 7) is 2.21. The van der Waals surface area contributed by atoms with Crippen molar-refractivity contribution in [2.75, 3.05) is 0 Å². The second kappa shape index (κ2) is 4.77. The van der Waals surface area contributed by atoms with Crippen molar-refractivity contribution in [3.63, 3.8) is 0 Å². The normalized spacial score (nSPS) is 26.4. The van der Waals surface area contributed by atoms with Crippen LogP contribution in [0, 0.1) is 5.82 Å². The van der Waals surface area contributed by atoms with Crippen LogP contribution in [0.15, 0.2) is 52.8 Å². The molecule has 3 heteroatoms. The summed E-state index contributed by atoms with van der Waals surface area (Å²) >= 11 is 3.67. The molecule has 0 fully saturated rings. The van der Waals surface area contributed by atoms with E-state index in [1.807, 2.05) is 24.5 Å². The Balaban J connectivity index is 1.86. The molecule has 1 aromatic carbocycles. The van der Waals surface area contributed by atoms with Gasteiger partial charge in [0.05, 0.1) is 0 Å². The minimum Gasteiger partial charge on any atom is -0.263 e. The van der Waals surface area contributed by atoms with Crippen LogP contribution < -0.4 is 0 Å². The molecule has 2 bridgehead atoms. The zero-order valence-corrected chi connectivity index (χ0v) is 13.3. The lowest BCUT2D eigenvalue weighted by atomic mass is 9.61. The first-order valence-electron chi connectivity index (χ1n) is 7.22. The quantitative estimate of drug-likeness (QED) is 0.640. The van der Waals surface area contributed by atoms with Gasteiger partial charge in [-0.15, -0.1) is 0 Å². The van der Waals surface area contributed by atoms with Gasteiger partial charge in [0.2, 0.25) is 0 Å². The average molecular weight is 344 g/mol. The van der Waals surface area contributed by atoms with E-state index in [9.17, 15) is 4.39 Å². The molecule has 0 aliphatic heterocycles. The van der Waals surface area contributed by atoms with E-state index >= 15 is 0 Å². The number of nitrogens with zero attached hydrogens (tertiary/aromatic N) is 1. The second-order valence-electron chi connectivity index (χ2n) is 6.01. The highest BCUT2D eigenvalue weighted by molar-refractivity contribution is 9.10. The smallest absolute Gasteiger partial charge is 0.123 e. The Labute approximate surface area is 132 Å². The van der Waals surface area contributed by atoms with E-state index in [4.69, 9.17) is 0 Å². The molecule has 1 heterocycles. The number of hydrogen-bond acceptors (Lipinski definition) is 1. The van der Waals surface area contributed by atoms with Gasteiger partial charge in [0.25, 0.3) is 0 Å². The van der Waals surface area contributed by atoms with Crippen LogP contribution in [0.5, 0.6) is 0 Å². The summed E-state index contributed by atoms with van der Waals surface area (Å²) in [4.78, 5) is 4.32. The van der Waals surface area contributed by atoms with Crippen LogP contribution in [0.2, 0.25) is 0 Å². The molecule has 2 unspecified atom stereocenters. The Morgan fingerprint density at radius 3 is 2.71 bits per heavy atom. The van der Waals surface area contributed by atoms with Gasteiger partial charge in [0.1, 0.15) is 5.82 Å². The van der Waals surface area contributed by atoms with Crippen molar-refractivity contribution in [1.29, 1.82) is 0 Å². The van der Waals surface area contributed by atoms with Crippen molar-refractivity contribution >= 4 is 15.9 Å². The lowest BCUT2D eigenvalue weighted by molar-refractivity contribution is 0.454. The SMILES string of the molecule is CC1=CC2C[C@@H](c3ccc(F)cc3)C1c1c(Br)cncc12. The van der Waals surface area contributed by atoms with Crippen LogP contribution in [0.1, 0.15) is 47.8 Å². The summed E-state index contributed by atoms with van der Waals surface area (Å²) in [5.41, 5.74) is 5.36. The standard InChI is InChI=1S/C18H15BrFN/c1-10-6-12-7-14(11-2-4-13(20)5-3-11)17(10)18-15(12)8-21-9-16(18)19/h2-6,8-9,12,14,17H,7H2,1H3/t12?,14-,17?/m0/s1. The molecule has 3 aliphatic rings. The lowest BCUT2D eigenvalue weighted by Gasteiger charge is -2.43. The Kier molecular flexibility index (Phi) is 3.00. The molecule has 3 aliphatic carbocycles. The van der Waals surface area contributed by atoms with Crippen molar-refractivity contribution in [3.05, 3.63) is 75.3 Å². The van der Waals surface area contributed by atoms with Gasteiger partial charge < -0.3 is 0 Å². The highest BCUT2D eigenvalue weighted by atomic mass is 79.9. The fourth-order valence-corrected chi connectivity index (χ4v) is 4.58. The van der Waals surface area contributed by atoms with Crippen molar-refractivity contribution in [2.24, 2.45) is 0 Å². The fourth-order valence-electron chi connectivity index (χ4n) is 3.98. The molecule has 0 saturated heterocycles. The van der Waals surface area contributed by atoms with E-state index in [1.165, 1.54) is 22.3 Å². The monoisotopic (exact) mass is 343 g/mol. The van der Waals surface area contributed by atoms with Crippen LogP contribution in [-0.4, -0.2) is 4.98 Å². The molecule has 0 amide bonds. The zero-order chi connectivity index (χ0) is 14.6. The molecule has 106 valence electrons. The third-order valence-electron chi connectivity index (χ3n) is 4.84. The second-order valence-corrected chi connectivity index (χ2v) is 6.87. The molecule has 0 N–H and O–H groups in total. The first-order chi connectivity index (χ1) is 10.1.